The van der Waals surface area contributed by atoms with Gasteiger partial charge in [-0.1, -0.05) is 20.8 Å². The highest BCUT2D eigenvalue weighted by Gasteiger charge is 2.64. The van der Waals surface area contributed by atoms with Gasteiger partial charge in [-0.25, -0.2) is 0 Å². The second-order valence-electron chi connectivity index (χ2n) is 10.5. The molecule has 4 saturated carbocycles. The lowest BCUT2D eigenvalue weighted by atomic mass is 9.43. The first-order valence-electron chi connectivity index (χ1n) is 10.2. The zero-order valence-electron chi connectivity index (χ0n) is 15.2. The fourth-order valence-corrected chi connectivity index (χ4v) is 9.39. The van der Waals surface area contributed by atoms with Crippen LogP contribution in [0.2, 0.25) is 0 Å². The first-order chi connectivity index (χ1) is 10.9. The van der Waals surface area contributed by atoms with Crippen molar-refractivity contribution in [2.24, 2.45) is 40.4 Å². The Morgan fingerprint density at radius 3 is 2.39 bits per heavy atom. The maximum Gasteiger partial charge on any atom is 0.0596 e. The molecule has 1 aliphatic heterocycles. The molecule has 5 aliphatic rings. The summed E-state index contributed by atoms with van der Waals surface area (Å²) in [5.74, 6) is 6.05. The molecule has 5 fully saturated rings. The highest BCUT2D eigenvalue weighted by Crippen LogP contribution is 2.71. The summed E-state index contributed by atoms with van der Waals surface area (Å²) < 4.78 is 0.698. The molecule has 0 unspecified atom stereocenters. The van der Waals surface area contributed by atoms with Crippen molar-refractivity contribution < 1.29 is 5.11 Å². The SMILES string of the molecule is C[C@@H]1C[C@@]2(C)[C@@H](CC[C@@H]3[C@@H]2CC[C@]2(C)[C@H](O)CC[C@@H]32)C[C@]12CS2. The van der Waals surface area contributed by atoms with Gasteiger partial charge in [-0.05, 0) is 91.8 Å². The van der Waals surface area contributed by atoms with Crippen LogP contribution < -0.4 is 0 Å². The molecule has 0 aromatic carbocycles. The minimum Gasteiger partial charge on any atom is -0.393 e. The number of thioether (sulfide) groups is 1. The Morgan fingerprint density at radius 2 is 1.65 bits per heavy atom. The molecule has 130 valence electrons. The van der Waals surface area contributed by atoms with Gasteiger partial charge in [-0.3, -0.25) is 0 Å². The summed E-state index contributed by atoms with van der Waals surface area (Å²) >= 11 is 2.27. The van der Waals surface area contributed by atoms with E-state index in [9.17, 15) is 5.11 Å². The summed E-state index contributed by atoms with van der Waals surface area (Å²) in [6, 6.07) is 0. The molecular weight excluding hydrogens is 300 g/mol. The largest absolute Gasteiger partial charge is 0.393 e. The summed E-state index contributed by atoms with van der Waals surface area (Å²) in [6.45, 7) is 7.65. The monoisotopic (exact) mass is 334 g/mol. The second kappa shape index (κ2) is 4.72. The first kappa shape index (κ1) is 15.6. The van der Waals surface area contributed by atoms with Crippen molar-refractivity contribution in [3.63, 3.8) is 0 Å². The summed E-state index contributed by atoms with van der Waals surface area (Å²) in [6.07, 6.45) is 11.0. The summed E-state index contributed by atoms with van der Waals surface area (Å²) in [4.78, 5) is 0. The fraction of sp³-hybridized carbons (Fsp3) is 1.00. The molecule has 1 N–H and O–H groups in total. The minimum atomic E-state index is -0.0182. The lowest BCUT2D eigenvalue weighted by Gasteiger charge is -2.62. The third kappa shape index (κ3) is 1.92. The third-order valence-corrected chi connectivity index (χ3v) is 11.4. The average molecular weight is 335 g/mol. The third-order valence-electron chi connectivity index (χ3n) is 9.77. The summed E-state index contributed by atoms with van der Waals surface area (Å²) in [7, 11) is 0. The quantitative estimate of drug-likeness (QED) is 0.620. The molecule has 0 radical (unpaired) electrons. The van der Waals surface area contributed by atoms with Crippen LogP contribution in [0.5, 0.6) is 0 Å². The maximum atomic E-state index is 10.6. The van der Waals surface area contributed by atoms with Crippen LogP contribution in [0.3, 0.4) is 0 Å². The zero-order chi connectivity index (χ0) is 16.0. The van der Waals surface area contributed by atoms with E-state index in [2.05, 4.69) is 32.5 Å². The molecule has 1 heterocycles. The molecule has 0 aromatic heterocycles. The van der Waals surface area contributed by atoms with Crippen molar-refractivity contribution in [3.05, 3.63) is 0 Å². The van der Waals surface area contributed by atoms with Crippen LogP contribution in [0.25, 0.3) is 0 Å². The average Bonchev–Trinajstić information content (AvgIpc) is 3.22. The lowest BCUT2D eigenvalue weighted by Crippen LogP contribution is -2.56. The Labute approximate surface area is 146 Å². The van der Waals surface area contributed by atoms with Crippen molar-refractivity contribution in [1.29, 1.82) is 0 Å². The topological polar surface area (TPSA) is 20.2 Å². The van der Waals surface area contributed by atoms with Crippen LogP contribution in [0.4, 0.5) is 0 Å². The molecule has 4 aliphatic carbocycles. The predicted octanol–water partition coefficient (Wildman–Crippen LogP) is 5.12. The van der Waals surface area contributed by atoms with E-state index in [0.29, 0.717) is 10.2 Å². The van der Waals surface area contributed by atoms with Crippen LogP contribution in [0.1, 0.15) is 72.1 Å². The molecule has 1 nitrogen and oxygen atoms in total. The molecule has 1 saturated heterocycles. The van der Waals surface area contributed by atoms with Gasteiger partial charge in [0.25, 0.3) is 0 Å². The van der Waals surface area contributed by atoms with Crippen molar-refractivity contribution >= 4 is 11.8 Å². The normalized spacial score (nSPS) is 64.2. The van der Waals surface area contributed by atoms with Gasteiger partial charge in [0.15, 0.2) is 0 Å². The number of rotatable bonds is 0. The van der Waals surface area contributed by atoms with Crippen LogP contribution >= 0.6 is 11.8 Å². The van der Waals surface area contributed by atoms with E-state index in [1.165, 1.54) is 50.7 Å². The smallest absolute Gasteiger partial charge is 0.0596 e. The van der Waals surface area contributed by atoms with Crippen molar-refractivity contribution in [1.82, 2.24) is 0 Å². The van der Waals surface area contributed by atoms with Crippen LogP contribution in [-0.4, -0.2) is 21.7 Å². The van der Waals surface area contributed by atoms with Crippen molar-refractivity contribution in [3.8, 4) is 0 Å². The van der Waals surface area contributed by atoms with Gasteiger partial charge < -0.3 is 5.11 Å². The van der Waals surface area contributed by atoms with Gasteiger partial charge in [0.2, 0.25) is 0 Å². The van der Waals surface area contributed by atoms with Gasteiger partial charge in [-0.15, -0.1) is 0 Å². The standard InChI is InChI=1S/C21H34OS/c1-13-10-20(3)14(11-21(13)12-23-21)4-5-15-16-6-7-18(22)19(16,2)9-8-17(15)20/h13-18,22H,4-12H2,1-3H3/t13-,14+,15+,16+,17+,18-,19+,20+,21+/m1/s1. The Morgan fingerprint density at radius 1 is 0.913 bits per heavy atom. The van der Waals surface area contributed by atoms with E-state index in [4.69, 9.17) is 0 Å². The Hall–Kier alpha value is 0.310. The van der Waals surface area contributed by atoms with E-state index < -0.39 is 0 Å². The molecular formula is C21H34OS. The van der Waals surface area contributed by atoms with E-state index in [0.717, 1.165) is 36.0 Å². The second-order valence-corrected chi connectivity index (χ2v) is 11.8. The highest BCUT2D eigenvalue weighted by atomic mass is 32.2. The van der Waals surface area contributed by atoms with E-state index in [1.54, 1.807) is 0 Å². The summed E-state index contributed by atoms with van der Waals surface area (Å²) in [5, 5.41) is 10.6. The van der Waals surface area contributed by atoms with Gasteiger partial charge >= 0.3 is 0 Å². The molecule has 0 aromatic rings. The van der Waals surface area contributed by atoms with Crippen LogP contribution in [0.15, 0.2) is 0 Å². The first-order valence-corrected chi connectivity index (χ1v) is 11.2. The number of hydrogen-bond acceptors (Lipinski definition) is 2. The van der Waals surface area contributed by atoms with Gasteiger partial charge in [0.1, 0.15) is 0 Å². The fourth-order valence-electron chi connectivity index (χ4n) is 8.12. The Balaban J connectivity index is 1.45. The molecule has 23 heavy (non-hydrogen) atoms. The molecule has 5 rings (SSSR count). The van der Waals surface area contributed by atoms with Crippen molar-refractivity contribution in [2.75, 3.05) is 5.75 Å². The number of fused-ring (bicyclic) bond motifs is 5. The number of hydrogen-bond donors (Lipinski definition) is 1. The summed E-state index contributed by atoms with van der Waals surface area (Å²) in [5.41, 5.74) is 0.851. The molecule has 9 atom stereocenters. The molecule has 0 amide bonds. The van der Waals surface area contributed by atoms with Crippen molar-refractivity contribution in [2.45, 2.75) is 83.0 Å². The van der Waals surface area contributed by atoms with Gasteiger partial charge in [0, 0.05) is 10.5 Å². The van der Waals surface area contributed by atoms with E-state index in [1.807, 2.05) is 0 Å². The van der Waals surface area contributed by atoms with Crippen LogP contribution in [0, 0.1) is 40.4 Å². The molecule has 1 spiro atoms. The number of aliphatic hydroxyl groups is 1. The van der Waals surface area contributed by atoms with Gasteiger partial charge in [-0.2, -0.15) is 11.8 Å². The molecule has 2 heteroatoms. The zero-order valence-corrected chi connectivity index (χ0v) is 16.0. The Kier molecular flexibility index (Phi) is 3.20. The lowest BCUT2D eigenvalue weighted by molar-refractivity contribution is -0.129. The van der Waals surface area contributed by atoms with Gasteiger partial charge in [0.05, 0.1) is 6.10 Å². The Bertz CT molecular complexity index is 514. The number of aliphatic hydroxyl groups excluding tert-OH is 1. The highest BCUT2D eigenvalue weighted by molar-refractivity contribution is 8.07. The maximum absolute atomic E-state index is 10.6. The van der Waals surface area contributed by atoms with E-state index in [-0.39, 0.29) is 11.5 Å². The molecule has 0 bridgehead atoms. The predicted molar refractivity (Wildman–Crippen MR) is 97.5 cm³/mol. The van der Waals surface area contributed by atoms with Crippen LogP contribution in [-0.2, 0) is 0 Å². The van der Waals surface area contributed by atoms with E-state index >= 15 is 0 Å². The minimum absolute atomic E-state index is 0.0182.